The van der Waals surface area contributed by atoms with E-state index in [1.165, 1.54) is 19.3 Å². The predicted octanol–water partition coefficient (Wildman–Crippen LogP) is 2.61. The predicted molar refractivity (Wildman–Crippen MR) is 82.1 cm³/mol. The van der Waals surface area contributed by atoms with E-state index >= 15 is 0 Å². The molecule has 1 saturated carbocycles. The van der Waals surface area contributed by atoms with Crippen molar-refractivity contribution in [1.29, 1.82) is 0 Å². The molecule has 4 heteroatoms. The van der Waals surface area contributed by atoms with Gasteiger partial charge in [0.15, 0.2) is 0 Å². The quantitative estimate of drug-likeness (QED) is 0.627. The van der Waals surface area contributed by atoms with Crippen molar-refractivity contribution in [2.75, 3.05) is 40.1 Å². The molecule has 1 aliphatic carbocycles. The van der Waals surface area contributed by atoms with E-state index in [-0.39, 0.29) is 0 Å². The summed E-state index contributed by atoms with van der Waals surface area (Å²) in [5.41, 5.74) is 0.327. The first-order chi connectivity index (χ1) is 9.61. The molecule has 0 amide bonds. The number of ether oxygens (including phenoxy) is 3. The zero-order valence-electron chi connectivity index (χ0n) is 13.7. The molecule has 2 unspecified atom stereocenters. The van der Waals surface area contributed by atoms with Gasteiger partial charge in [0.1, 0.15) is 0 Å². The van der Waals surface area contributed by atoms with Gasteiger partial charge in [-0.2, -0.15) is 0 Å². The zero-order valence-corrected chi connectivity index (χ0v) is 13.7. The molecule has 120 valence electrons. The van der Waals surface area contributed by atoms with Crippen molar-refractivity contribution >= 4 is 0 Å². The standard InChI is InChI=1S/C16H33NO3/c1-5-17-15-14(8-6-9-16(15,2)3)20-11-7-10-19-13-12-18-4/h14-15,17H,5-13H2,1-4H3. The largest absolute Gasteiger partial charge is 0.382 e. The van der Waals surface area contributed by atoms with Crippen LogP contribution < -0.4 is 5.32 Å². The first-order valence-corrected chi connectivity index (χ1v) is 8.03. The molecule has 0 aromatic rings. The number of methoxy groups -OCH3 is 1. The highest BCUT2D eigenvalue weighted by molar-refractivity contribution is 4.94. The maximum absolute atomic E-state index is 6.12. The highest BCUT2D eigenvalue weighted by atomic mass is 16.5. The lowest BCUT2D eigenvalue weighted by molar-refractivity contribution is -0.0435. The van der Waals surface area contributed by atoms with Crippen LogP contribution in [0.25, 0.3) is 0 Å². The third-order valence-corrected chi connectivity index (χ3v) is 4.14. The highest BCUT2D eigenvalue weighted by Gasteiger charge is 2.38. The second-order valence-corrected chi connectivity index (χ2v) is 6.28. The Morgan fingerprint density at radius 2 is 1.95 bits per heavy atom. The average Bonchev–Trinajstić information content (AvgIpc) is 2.41. The Hall–Kier alpha value is -0.160. The van der Waals surface area contributed by atoms with Crippen molar-refractivity contribution in [3.8, 4) is 0 Å². The van der Waals surface area contributed by atoms with Crippen molar-refractivity contribution in [2.24, 2.45) is 5.41 Å². The Morgan fingerprint density at radius 3 is 2.65 bits per heavy atom. The van der Waals surface area contributed by atoms with Gasteiger partial charge >= 0.3 is 0 Å². The lowest BCUT2D eigenvalue weighted by Crippen LogP contribution is -2.53. The van der Waals surface area contributed by atoms with Crippen molar-refractivity contribution in [3.05, 3.63) is 0 Å². The molecule has 0 bridgehead atoms. The summed E-state index contributed by atoms with van der Waals surface area (Å²) in [6.07, 6.45) is 5.03. The second-order valence-electron chi connectivity index (χ2n) is 6.28. The van der Waals surface area contributed by atoms with Crippen LogP contribution >= 0.6 is 0 Å². The van der Waals surface area contributed by atoms with Gasteiger partial charge in [0, 0.05) is 26.4 Å². The van der Waals surface area contributed by atoms with Crippen LogP contribution in [-0.4, -0.2) is 52.2 Å². The second kappa shape index (κ2) is 9.72. The molecule has 0 spiro atoms. The topological polar surface area (TPSA) is 39.7 Å². The first-order valence-electron chi connectivity index (χ1n) is 8.03. The first kappa shape index (κ1) is 17.9. The number of hydrogen-bond donors (Lipinski definition) is 1. The molecule has 1 N–H and O–H groups in total. The summed E-state index contributed by atoms with van der Waals surface area (Å²) < 4.78 is 16.5. The van der Waals surface area contributed by atoms with Gasteiger partial charge in [-0.05, 0) is 31.2 Å². The van der Waals surface area contributed by atoms with Crippen LogP contribution in [0.4, 0.5) is 0 Å². The Morgan fingerprint density at radius 1 is 1.15 bits per heavy atom. The molecule has 1 aliphatic rings. The van der Waals surface area contributed by atoms with Crippen molar-refractivity contribution < 1.29 is 14.2 Å². The van der Waals surface area contributed by atoms with Crippen LogP contribution in [0, 0.1) is 5.41 Å². The van der Waals surface area contributed by atoms with Gasteiger partial charge in [0.2, 0.25) is 0 Å². The molecule has 0 aromatic heterocycles. The number of likely N-dealkylation sites (N-methyl/N-ethyl adjacent to an activating group) is 1. The van der Waals surface area contributed by atoms with Crippen LogP contribution in [0.15, 0.2) is 0 Å². The Balaban J connectivity index is 2.23. The molecular weight excluding hydrogens is 254 g/mol. The maximum atomic E-state index is 6.12. The minimum Gasteiger partial charge on any atom is -0.382 e. The van der Waals surface area contributed by atoms with Gasteiger partial charge in [-0.25, -0.2) is 0 Å². The van der Waals surface area contributed by atoms with E-state index in [1.807, 2.05) is 0 Å². The smallest absolute Gasteiger partial charge is 0.0733 e. The molecule has 2 atom stereocenters. The van der Waals surface area contributed by atoms with E-state index in [0.717, 1.165) is 26.2 Å². The van der Waals surface area contributed by atoms with Gasteiger partial charge in [-0.3, -0.25) is 0 Å². The minimum absolute atomic E-state index is 0.327. The Labute approximate surface area is 124 Å². The van der Waals surface area contributed by atoms with Gasteiger partial charge in [0.05, 0.1) is 19.3 Å². The van der Waals surface area contributed by atoms with Gasteiger partial charge in [-0.1, -0.05) is 27.2 Å². The molecule has 0 heterocycles. The number of rotatable bonds is 10. The fraction of sp³-hybridized carbons (Fsp3) is 1.00. The summed E-state index contributed by atoms with van der Waals surface area (Å²) >= 11 is 0. The van der Waals surface area contributed by atoms with Gasteiger partial charge in [0.25, 0.3) is 0 Å². The van der Waals surface area contributed by atoms with E-state index in [4.69, 9.17) is 14.2 Å². The molecule has 4 nitrogen and oxygen atoms in total. The molecule has 20 heavy (non-hydrogen) atoms. The van der Waals surface area contributed by atoms with Crippen LogP contribution in [0.3, 0.4) is 0 Å². The summed E-state index contributed by atoms with van der Waals surface area (Å²) in [6, 6.07) is 0.468. The lowest BCUT2D eigenvalue weighted by atomic mass is 9.71. The third-order valence-electron chi connectivity index (χ3n) is 4.14. The van der Waals surface area contributed by atoms with Crippen molar-refractivity contribution in [3.63, 3.8) is 0 Å². The maximum Gasteiger partial charge on any atom is 0.0733 e. The monoisotopic (exact) mass is 287 g/mol. The molecule has 1 rings (SSSR count). The molecular formula is C16H33NO3. The van der Waals surface area contributed by atoms with Gasteiger partial charge < -0.3 is 19.5 Å². The summed E-state index contributed by atoms with van der Waals surface area (Å²) in [4.78, 5) is 0. The SMILES string of the molecule is CCNC1C(OCCCOCCOC)CCCC1(C)C. The number of hydrogen-bond acceptors (Lipinski definition) is 4. The summed E-state index contributed by atoms with van der Waals surface area (Å²) in [6.45, 7) is 10.8. The van der Waals surface area contributed by atoms with Crippen LogP contribution in [-0.2, 0) is 14.2 Å². The molecule has 0 aromatic carbocycles. The molecule has 0 radical (unpaired) electrons. The third kappa shape index (κ3) is 6.08. The van der Waals surface area contributed by atoms with E-state index in [9.17, 15) is 0 Å². The summed E-state index contributed by atoms with van der Waals surface area (Å²) in [5, 5.41) is 3.62. The van der Waals surface area contributed by atoms with E-state index in [0.29, 0.717) is 30.8 Å². The normalized spacial score (nSPS) is 25.8. The van der Waals surface area contributed by atoms with E-state index < -0.39 is 0 Å². The van der Waals surface area contributed by atoms with E-state index in [2.05, 4.69) is 26.1 Å². The average molecular weight is 287 g/mol. The fourth-order valence-corrected chi connectivity index (χ4v) is 3.03. The molecule has 0 saturated heterocycles. The van der Waals surface area contributed by atoms with Crippen LogP contribution in [0.2, 0.25) is 0 Å². The lowest BCUT2D eigenvalue weighted by Gasteiger charge is -2.44. The number of nitrogens with one attached hydrogen (secondary N) is 1. The highest BCUT2D eigenvalue weighted by Crippen LogP contribution is 2.37. The van der Waals surface area contributed by atoms with E-state index in [1.54, 1.807) is 7.11 Å². The minimum atomic E-state index is 0.327. The molecule has 0 aliphatic heterocycles. The summed E-state index contributed by atoms with van der Waals surface area (Å²) in [7, 11) is 1.69. The molecule has 1 fully saturated rings. The van der Waals surface area contributed by atoms with Crippen LogP contribution in [0.1, 0.15) is 46.5 Å². The fourth-order valence-electron chi connectivity index (χ4n) is 3.03. The zero-order chi connectivity index (χ0) is 14.8. The van der Waals surface area contributed by atoms with Crippen molar-refractivity contribution in [1.82, 2.24) is 5.32 Å². The van der Waals surface area contributed by atoms with Gasteiger partial charge in [-0.15, -0.1) is 0 Å². The Kier molecular flexibility index (Phi) is 8.69. The van der Waals surface area contributed by atoms with Crippen molar-refractivity contribution in [2.45, 2.75) is 58.6 Å². The summed E-state index contributed by atoms with van der Waals surface area (Å²) in [5.74, 6) is 0. The Bertz CT molecular complexity index is 246. The van der Waals surface area contributed by atoms with Crippen LogP contribution in [0.5, 0.6) is 0 Å².